The molecule has 5 heteroatoms. The quantitative estimate of drug-likeness (QED) is 0.379. The van der Waals surface area contributed by atoms with E-state index in [1.807, 2.05) is 0 Å². The lowest BCUT2D eigenvalue weighted by molar-refractivity contribution is -0.128. The number of rotatable bonds is 4. The van der Waals surface area contributed by atoms with Crippen molar-refractivity contribution in [1.82, 2.24) is 0 Å². The molecule has 0 aromatic heterocycles. The summed E-state index contributed by atoms with van der Waals surface area (Å²) >= 11 is 4.37. The number of carbonyl (C=O) groups excluding carboxylic acids is 1. The van der Waals surface area contributed by atoms with E-state index in [4.69, 9.17) is 0 Å². The Morgan fingerprint density at radius 1 is 1.73 bits per heavy atom. The van der Waals surface area contributed by atoms with E-state index in [1.165, 1.54) is 0 Å². The molecule has 0 aliphatic carbocycles. The molecular weight excluding hydrogens is 178 g/mol. The maximum atomic E-state index is 11.9. The fourth-order valence-corrected chi connectivity index (χ4v) is 0.364. The van der Waals surface area contributed by atoms with Crippen LogP contribution in [0, 0.1) is 0 Å². The number of ether oxygens (including phenoxy) is 1. The molecule has 0 atom stereocenters. The Kier molecular flexibility index (Phi) is 4.03. The van der Waals surface area contributed by atoms with Crippen LogP contribution in [0.2, 0.25) is 0 Å². The molecule has 0 fully saturated rings. The lowest BCUT2D eigenvalue weighted by Gasteiger charge is -2.00. The Morgan fingerprint density at radius 2 is 2.27 bits per heavy atom. The Morgan fingerprint density at radius 3 is 2.64 bits per heavy atom. The van der Waals surface area contributed by atoms with Crippen LogP contribution in [0.3, 0.4) is 0 Å². The van der Waals surface area contributed by atoms with Gasteiger partial charge in [0.25, 0.3) is 0 Å². The van der Waals surface area contributed by atoms with Crippen LogP contribution in [0.4, 0.5) is 8.78 Å². The van der Waals surface area contributed by atoms with Crippen LogP contribution in [0.15, 0.2) is 12.3 Å². The minimum absolute atomic E-state index is 0.317. The van der Waals surface area contributed by atoms with Crippen molar-refractivity contribution in [3.63, 3.8) is 0 Å². The van der Waals surface area contributed by atoms with Gasteiger partial charge in [-0.3, -0.25) is 4.79 Å². The average Bonchev–Trinajstić information content (AvgIpc) is 1.86. The van der Waals surface area contributed by atoms with Crippen LogP contribution < -0.4 is 0 Å². The Labute approximate surface area is 67.8 Å². The SMILES string of the molecule is CCO/C=C/C(=O)C(F)(F)Cl. The normalized spacial score (nSPS) is 12.0. The van der Waals surface area contributed by atoms with E-state index in [0.717, 1.165) is 6.26 Å². The molecule has 0 radical (unpaired) electrons. The third kappa shape index (κ3) is 4.72. The van der Waals surface area contributed by atoms with E-state index in [9.17, 15) is 13.6 Å². The minimum Gasteiger partial charge on any atom is -0.501 e. The summed E-state index contributed by atoms with van der Waals surface area (Å²) in [5.74, 6) is -1.48. The second-order valence-electron chi connectivity index (χ2n) is 1.62. The molecule has 0 amide bonds. The minimum atomic E-state index is -3.83. The standard InChI is InChI=1S/C6H7ClF2O2/c1-2-11-4-3-5(10)6(7,8)9/h3-4H,2H2,1H3/b4-3+. The van der Waals surface area contributed by atoms with Gasteiger partial charge in [0.1, 0.15) is 0 Å². The topological polar surface area (TPSA) is 26.3 Å². The van der Waals surface area contributed by atoms with Gasteiger partial charge in [0.05, 0.1) is 12.9 Å². The van der Waals surface area contributed by atoms with Crippen molar-refractivity contribution < 1.29 is 18.3 Å². The summed E-state index contributed by atoms with van der Waals surface area (Å²) in [5, 5.41) is -3.83. The summed E-state index contributed by atoms with van der Waals surface area (Å²) < 4.78 is 28.2. The maximum absolute atomic E-state index is 11.9. The smallest absolute Gasteiger partial charge is 0.384 e. The first-order valence-corrected chi connectivity index (χ1v) is 3.25. The largest absolute Gasteiger partial charge is 0.501 e. The molecule has 0 N–H and O–H groups in total. The zero-order chi connectivity index (χ0) is 8.91. The van der Waals surface area contributed by atoms with Gasteiger partial charge in [0.2, 0.25) is 5.78 Å². The highest BCUT2D eigenvalue weighted by atomic mass is 35.5. The van der Waals surface area contributed by atoms with Crippen LogP contribution in [0.25, 0.3) is 0 Å². The van der Waals surface area contributed by atoms with Crippen molar-refractivity contribution in [3.8, 4) is 0 Å². The van der Waals surface area contributed by atoms with Crippen LogP contribution >= 0.6 is 11.6 Å². The van der Waals surface area contributed by atoms with E-state index in [1.54, 1.807) is 6.92 Å². The number of hydrogen-bond donors (Lipinski definition) is 0. The molecule has 0 aromatic carbocycles. The molecule has 0 aliphatic heterocycles. The second kappa shape index (κ2) is 4.28. The number of ketones is 1. The zero-order valence-electron chi connectivity index (χ0n) is 5.81. The van der Waals surface area contributed by atoms with Crippen LogP contribution in [0.5, 0.6) is 0 Å². The highest BCUT2D eigenvalue weighted by molar-refractivity contribution is 6.34. The molecule has 0 saturated heterocycles. The van der Waals surface area contributed by atoms with Gasteiger partial charge < -0.3 is 4.74 Å². The van der Waals surface area contributed by atoms with Crippen molar-refractivity contribution in [2.45, 2.75) is 12.3 Å². The Balaban J connectivity index is 3.88. The van der Waals surface area contributed by atoms with Gasteiger partial charge in [-0.05, 0) is 18.5 Å². The van der Waals surface area contributed by atoms with Gasteiger partial charge >= 0.3 is 5.38 Å². The summed E-state index contributed by atoms with van der Waals surface area (Å²) in [5.41, 5.74) is 0. The molecule has 0 saturated carbocycles. The van der Waals surface area contributed by atoms with Gasteiger partial charge in [-0.2, -0.15) is 8.78 Å². The van der Waals surface area contributed by atoms with E-state index < -0.39 is 11.2 Å². The number of hydrogen-bond acceptors (Lipinski definition) is 2. The molecule has 0 heterocycles. The van der Waals surface area contributed by atoms with E-state index in [2.05, 4.69) is 16.3 Å². The van der Waals surface area contributed by atoms with Gasteiger partial charge in [-0.15, -0.1) is 0 Å². The predicted octanol–water partition coefficient (Wildman–Crippen LogP) is 1.94. The highest BCUT2D eigenvalue weighted by Gasteiger charge is 2.33. The Hall–Kier alpha value is -0.640. The first-order chi connectivity index (χ1) is 4.98. The second-order valence-corrected chi connectivity index (χ2v) is 2.09. The highest BCUT2D eigenvalue weighted by Crippen LogP contribution is 2.19. The van der Waals surface area contributed by atoms with Crippen molar-refractivity contribution >= 4 is 17.4 Å². The summed E-state index contributed by atoms with van der Waals surface area (Å²) in [7, 11) is 0. The van der Waals surface area contributed by atoms with Crippen LogP contribution in [-0.2, 0) is 9.53 Å². The summed E-state index contributed by atoms with van der Waals surface area (Å²) in [6.45, 7) is 1.98. The Bertz CT molecular complexity index is 162. The first-order valence-electron chi connectivity index (χ1n) is 2.87. The molecule has 0 unspecified atom stereocenters. The van der Waals surface area contributed by atoms with Crippen LogP contribution in [0.1, 0.15) is 6.92 Å². The molecule has 0 bridgehead atoms. The molecule has 0 aromatic rings. The van der Waals surface area contributed by atoms with E-state index in [0.29, 0.717) is 12.7 Å². The fraction of sp³-hybridized carbons (Fsp3) is 0.500. The zero-order valence-corrected chi connectivity index (χ0v) is 6.57. The molecule has 64 valence electrons. The molecule has 11 heavy (non-hydrogen) atoms. The number of alkyl halides is 3. The third-order valence-corrected chi connectivity index (χ3v) is 0.948. The monoisotopic (exact) mass is 184 g/mol. The number of carbonyl (C=O) groups is 1. The lowest BCUT2D eigenvalue weighted by Crippen LogP contribution is -2.18. The molecule has 0 rings (SSSR count). The average molecular weight is 185 g/mol. The van der Waals surface area contributed by atoms with Crippen molar-refractivity contribution in [1.29, 1.82) is 0 Å². The molecule has 0 spiro atoms. The predicted molar refractivity (Wildman–Crippen MR) is 36.6 cm³/mol. The third-order valence-electron chi connectivity index (χ3n) is 0.762. The van der Waals surface area contributed by atoms with Crippen molar-refractivity contribution in [2.24, 2.45) is 0 Å². The van der Waals surface area contributed by atoms with Gasteiger partial charge in [-0.1, -0.05) is 0 Å². The van der Waals surface area contributed by atoms with Crippen molar-refractivity contribution in [2.75, 3.05) is 6.61 Å². The molecular formula is C6H7ClF2O2. The van der Waals surface area contributed by atoms with E-state index in [-0.39, 0.29) is 0 Å². The maximum Gasteiger partial charge on any atom is 0.384 e. The first kappa shape index (κ1) is 10.4. The fourth-order valence-electron chi connectivity index (χ4n) is 0.301. The summed E-state index contributed by atoms with van der Waals surface area (Å²) in [6.07, 6.45) is 1.48. The van der Waals surface area contributed by atoms with Gasteiger partial charge in [0, 0.05) is 6.08 Å². The van der Waals surface area contributed by atoms with Crippen LogP contribution in [-0.4, -0.2) is 17.8 Å². The molecule has 0 aliphatic rings. The van der Waals surface area contributed by atoms with E-state index >= 15 is 0 Å². The van der Waals surface area contributed by atoms with Gasteiger partial charge in [-0.25, -0.2) is 0 Å². The number of halogens is 3. The summed E-state index contributed by atoms with van der Waals surface area (Å²) in [6, 6.07) is 0. The molecule has 2 nitrogen and oxygen atoms in total. The lowest BCUT2D eigenvalue weighted by atomic mass is 10.4. The van der Waals surface area contributed by atoms with Gasteiger partial charge in [0.15, 0.2) is 0 Å². The summed E-state index contributed by atoms with van der Waals surface area (Å²) in [4.78, 5) is 10.3. The number of allylic oxidation sites excluding steroid dienone is 1. The van der Waals surface area contributed by atoms with Crippen molar-refractivity contribution in [3.05, 3.63) is 12.3 Å².